The van der Waals surface area contributed by atoms with E-state index in [0.717, 1.165) is 16.9 Å². The van der Waals surface area contributed by atoms with Crippen molar-refractivity contribution in [2.24, 2.45) is 0 Å². The molecule has 0 atom stereocenters. The summed E-state index contributed by atoms with van der Waals surface area (Å²) in [4.78, 5) is 23.6. The maximum absolute atomic E-state index is 12.3. The Balaban J connectivity index is 1.70. The number of methoxy groups -OCH3 is 1. The van der Waals surface area contributed by atoms with Gasteiger partial charge >= 0.3 is 0 Å². The predicted molar refractivity (Wildman–Crippen MR) is 102 cm³/mol. The van der Waals surface area contributed by atoms with Crippen LogP contribution in [0, 0.1) is 0 Å². The molecule has 136 valence electrons. The van der Waals surface area contributed by atoms with E-state index in [1.54, 1.807) is 12.6 Å². The van der Waals surface area contributed by atoms with E-state index in [1.165, 1.54) is 24.3 Å². The summed E-state index contributed by atoms with van der Waals surface area (Å²) in [7, 11) is 1.63. The highest BCUT2D eigenvalue weighted by atomic mass is 16.5. The van der Waals surface area contributed by atoms with Crippen LogP contribution in [0.4, 0.5) is 5.69 Å². The summed E-state index contributed by atoms with van der Waals surface area (Å²) in [6.45, 7) is 0. The van der Waals surface area contributed by atoms with Gasteiger partial charge in [0.05, 0.1) is 7.11 Å². The van der Waals surface area contributed by atoms with Gasteiger partial charge in [-0.3, -0.25) is 14.8 Å². The molecule has 0 aliphatic heterocycles. The molecule has 3 aromatic carbocycles. The maximum Gasteiger partial charge on any atom is 0.274 e. The molecule has 0 heterocycles. The fraction of sp³-hybridized carbons (Fsp3) is 0.0476. The second-order valence-electron chi connectivity index (χ2n) is 5.78. The quantitative estimate of drug-likeness (QED) is 0.477. The Labute approximate surface area is 156 Å². The number of rotatable bonds is 5. The molecule has 0 bridgehead atoms. The van der Waals surface area contributed by atoms with Crippen LogP contribution in [-0.4, -0.2) is 24.1 Å². The first-order valence-corrected chi connectivity index (χ1v) is 8.21. The minimum Gasteiger partial charge on any atom is -0.497 e. The van der Waals surface area contributed by atoms with Gasteiger partial charge in [-0.05, 0) is 59.7 Å². The van der Waals surface area contributed by atoms with Crippen molar-refractivity contribution >= 4 is 17.5 Å². The summed E-state index contributed by atoms with van der Waals surface area (Å²) in [5.74, 6) is -0.140. The van der Waals surface area contributed by atoms with Gasteiger partial charge in [0.2, 0.25) is 0 Å². The van der Waals surface area contributed by atoms with Crippen molar-refractivity contribution in [3.8, 4) is 16.9 Å². The summed E-state index contributed by atoms with van der Waals surface area (Å²) in [6, 6.07) is 21.2. The number of benzene rings is 3. The Morgan fingerprint density at radius 2 is 1.44 bits per heavy atom. The van der Waals surface area contributed by atoms with Crippen LogP contribution in [0.5, 0.6) is 5.75 Å². The van der Waals surface area contributed by atoms with Crippen LogP contribution in [0.1, 0.15) is 20.7 Å². The number of hydroxylamine groups is 1. The molecule has 2 amide bonds. The van der Waals surface area contributed by atoms with Crippen molar-refractivity contribution in [3.05, 3.63) is 83.9 Å². The van der Waals surface area contributed by atoms with Crippen LogP contribution in [0.3, 0.4) is 0 Å². The van der Waals surface area contributed by atoms with E-state index in [0.29, 0.717) is 11.3 Å². The first kappa shape index (κ1) is 18.2. The fourth-order valence-corrected chi connectivity index (χ4v) is 2.59. The number of ether oxygens (including phenoxy) is 1. The molecule has 0 fully saturated rings. The van der Waals surface area contributed by atoms with Gasteiger partial charge < -0.3 is 10.1 Å². The van der Waals surface area contributed by atoms with Gasteiger partial charge in [0.15, 0.2) is 0 Å². The molecule has 0 aromatic heterocycles. The van der Waals surface area contributed by atoms with Crippen molar-refractivity contribution in [3.63, 3.8) is 0 Å². The van der Waals surface area contributed by atoms with Gasteiger partial charge in [0.1, 0.15) is 5.75 Å². The van der Waals surface area contributed by atoms with E-state index in [2.05, 4.69) is 5.32 Å². The van der Waals surface area contributed by atoms with Crippen LogP contribution in [0.15, 0.2) is 72.8 Å². The molecule has 0 saturated heterocycles. The monoisotopic (exact) mass is 362 g/mol. The molecule has 6 nitrogen and oxygen atoms in total. The number of hydrogen-bond acceptors (Lipinski definition) is 4. The van der Waals surface area contributed by atoms with Crippen molar-refractivity contribution in [2.45, 2.75) is 0 Å². The van der Waals surface area contributed by atoms with E-state index < -0.39 is 5.91 Å². The summed E-state index contributed by atoms with van der Waals surface area (Å²) >= 11 is 0. The van der Waals surface area contributed by atoms with Gasteiger partial charge in [-0.25, -0.2) is 5.48 Å². The Morgan fingerprint density at radius 1 is 0.815 bits per heavy atom. The minimum atomic E-state index is -0.630. The fourth-order valence-electron chi connectivity index (χ4n) is 2.59. The zero-order valence-corrected chi connectivity index (χ0v) is 14.6. The normalized spacial score (nSPS) is 10.1. The molecule has 0 saturated carbocycles. The highest BCUT2D eigenvalue weighted by Gasteiger charge is 2.09. The van der Waals surface area contributed by atoms with Crippen molar-refractivity contribution in [2.75, 3.05) is 12.4 Å². The van der Waals surface area contributed by atoms with Crippen molar-refractivity contribution in [1.29, 1.82) is 0 Å². The zero-order valence-electron chi connectivity index (χ0n) is 14.6. The molecule has 3 rings (SSSR count). The Bertz CT molecular complexity index is 951. The topological polar surface area (TPSA) is 87.7 Å². The van der Waals surface area contributed by atoms with Gasteiger partial charge in [-0.1, -0.05) is 24.3 Å². The third-order valence-electron chi connectivity index (χ3n) is 4.06. The van der Waals surface area contributed by atoms with Crippen LogP contribution in [0.25, 0.3) is 11.1 Å². The summed E-state index contributed by atoms with van der Waals surface area (Å²) in [6.07, 6.45) is 0. The average Bonchev–Trinajstić information content (AvgIpc) is 2.73. The first-order chi connectivity index (χ1) is 13.1. The second-order valence-corrected chi connectivity index (χ2v) is 5.78. The Morgan fingerprint density at radius 3 is 2.04 bits per heavy atom. The van der Waals surface area contributed by atoms with E-state index in [-0.39, 0.29) is 11.5 Å². The van der Waals surface area contributed by atoms with E-state index >= 15 is 0 Å². The van der Waals surface area contributed by atoms with E-state index in [1.807, 2.05) is 48.5 Å². The molecule has 6 heteroatoms. The molecule has 0 aliphatic rings. The van der Waals surface area contributed by atoms with Gasteiger partial charge in [-0.15, -0.1) is 0 Å². The lowest BCUT2D eigenvalue weighted by Crippen LogP contribution is -2.19. The predicted octanol–water partition coefficient (Wildman–Crippen LogP) is 3.73. The molecule has 0 unspecified atom stereocenters. The summed E-state index contributed by atoms with van der Waals surface area (Å²) in [5, 5.41) is 11.4. The van der Waals surface area contributed by atoms with E-state index in [4.69, 9.17) is 9.94 Å². The molecular formula is C21H18N2O4. The number of carbonyl (C=O) groups excluding carboxylic acids is 2. The summed E-state index contributed by atoms with van der Waals surface area (Å²) < 4.78 is 5.24. The highest BCUT2D eigenvalue weighted by Crippen LogP contribution is 2.25. The lowest BCUT2D eigenvalue weighted by atomic mass is 10.0. The number of amides is 2. The second kappa shape index (κ2) is 8.16. The SMILES string of the molecule is COc1cccc(-c2ccc(NC(=O)c3ccc(C(=O)NO)cc3)cc2)c1. The maximum atomic E-state index is 12.3. The average molecular weight is 362 g/mol. The third kappa shape index (κ3) is 4.31. The van der Waals surface area contributed by atoms with Crippen LogP contribution >= 0.6 is 0 Å². The molecule has 0 aliphatic carbocycles. The molecule has 0 radical (unpaired) electrons. The molecule has 0 spiro atoms. The third-order valence-corrected chi connectivity index (χ3v) is 4.06. The van der Waals surface area contributed by atoms with Gasteiger partial charge in [0, 0.05) is 16.8 Å². The Kier molecular flexibility index (Phi) is 5.49. The first-order valence-electron chi connectivity index (χ1n) is 8.21. The minimum absolute atomic E-state index is 0.261. The number of nitrogens with one attached hydrogen (secondary N) is 2. The Hall–Kier alpha value is -3.64. The summed E-state index contributed by atoms with van der Waals surface area (Å²) in [5.41, 5.74) is 4.89. The number of hydrogen-bond donors (Lipinski definition) is 3. The molecular weight excluding hydrogens is 344 g/mol. The molecule has 3 aromatic rings. The van der Waals surface area contributed by atoms with Gasteiger partial charge in [-0.2, -0.15) is 0 Å². The number of anilines is 1. The lowest BCUT2D eigenvalue weighted by Gasteiger charge is -2.08. The molecule has 3 N–H and O–H groups in total. The van der Waals surface area contributed by atoms with Crippen LogP contribution in [-0.2, 0) is 0 Å². The van der Waals surface area contributed by atoms with Gasteiger partial charge in [0.25, 0.3) is 11.8 Å². The van der Waals surface area contributed by atoms with Crippen LogP contribution < -0.4 is 15.5 Å². The van der Waals surface area contributed by atoms with Crippen LogP contribution in [0.2, 0.25) is 0 Å². The smallest absolute Gasteiger partial charge is 0.274 e. The lowest BCUT2D eigenvalue weighted by molar-refractivity contribution is 0.0706. The van der Waals surface area contributed by atoms with E-state index in [9.17, 15) is 9.59 Å². The molecule has 27 heavy (non-hydrogen) atoms. The van der Waals surface area contributed by atoms with Crippen molar-refractivity contribution in [1.82, 2.24) is 5.48 Å². The zero-order chi connectivity index (χ0) is 19.2. The van der Waals surface area contributed by atoms with Crippen molar-refractivity contribution < 1.29 is 19.5 Å². The number of carbonyl (C=O) groups is 2. The highest BCUT2D eigenvalue weighted by molar-refractivity contribution is 6.05. The standard InChI is InChI=1S/C21H18N2O4/c1-27-19-4-2-3-17(13-19)14-9-11-18(12-10-14)22-20(24)15-5-7-16(8-6-15)21(25)23-26/h2-13,26H,1H3,(H,22,24)(H,23,25). The largest absolute Gasteiger partial charge is 0.497 e.